The molecule has 7 nitrogen and oxygen atoms in total. The van der Waals surface area contributed by atoms with E-state index >= 15 is 0 Å². The maximum absolute atomic E-state index is 9.06. The molecule has 0 aliphatic heterocycles. The van der Waals surface area contributed by atoms with E-state index in [2.05, 4.69) is 32.9 Å². The van der Waals surface area contributed by atoms with Gasteiger partial charge in [0.2, 0.25) is 5.82 Å². The number of nitrogens with one attached hydrogen (secondary N) is 2. The molecule has 0 fully saturated rings. The molecule has 0 unspecified atom stereocenters. The van der Waals surface area contributed by atoms with E-state index in [0.29, 0.717) is 5.57 Å². The lowest BCUT2D eigenvalue weighted by Gasteiger charge is -2.07. The molecule has 0 spiro atoms. The average Bonchev–Trinajstić information content (AvgIpc) is 3.08. The van der Waals surface area contributed by atoms with Gasteiger partial charge in [-0.25, -0.2) is 0 Å². The van der Waals surface area contributed by atoms with Crippen LogP contribution in [0.4, 0.5) is 5.69 Å². The zero-order valence-electron chi connectivity index (χ0n) is 12.4. The van der Waals surface area contributed by atoms with Gasteiger partial charge in [-0.3, -0.25) is 0 Å². The normalized spacial score (nSPS) is 11.0. The highest BCUT2D eigenvalue weighted by molar-refractivity contribution is 5.74. The topological polar surface area (TPSA) is 99.5 Å². The summed E-state index contributed by atoms with van der Waals surface area (Å²) in [5.41, 5.74) is 1.14. The second-order valence-corrected chi connectivity index (χ2v) is 4.63. The monoisotopic (exact) mass is 298 g/mol. The zero-order valence-corrected chi connectivity index (χ0v) is 12.4. The van der Waals surface area contributed by atoms with Gasteiger partial charge in [0.05, 0.1) is 6.61 Å². The number of H-pyrrole nitrogens is 1. The molecule has 2 aromatic rings. The number of nitriles is 1. The van der Waals surface area contributed by atoms with Crippen molar-refractivity contribution in [2.24, 2.45) is 0 Å². The summed E-state index contributed by atoms with van der Waals surface area (Å²) in [7, 11) is 0. The van der Waals surface area contributed by atoms with E-state index in [1.807, 2.05) is 30.3 Å². The Hall–Kier alpha value is -2.88. The minimum absolute atomic E-state index is 0.255. The summed E-state index contributed by atoms with van der Waals surface area (Å²) in [5.74, 6) is 1.09. The van der Waals surface area contributed by atoms with Gasteiger partial charge >= 0.3 is 0 Å². The van der Waals surface area contributed by atoms with Gasteiger partial charge in [-0.15, -0.1) is 10.2 Å². The van der Waals surface area contributed by atoms with Crippen molar-refractivity contribution in [3.05, 3.63) is 36.3 Å². The number of tetrazole rings is 1. The van der Waals surface area contributed by atoms with Crippen molar-refractivity contribution >= 4 is 11.3 Å². The minimum atomic E-state index is 0.255. The zero-order chi connectivity index (χ0) is 15.6. The highest BCUT2D eigenvalue weighted by Gasteiger charge is 2.05. The van der Waals surface area contributed by atoms with Crippen LogP contribution in [0.3, 0.4) is 0 Å². The van der Waals surface area contributed by atoms with Gasteiger partial charge in [0.1, 0.15) is 17.4 Å². The van der Waals surface area contributed by atoms with E-state index in [1.54, 1.807) is 6.20 Å². The van der Waals surface area contributed by atoms with Crippen molar-refractivity contribution in [1.82, 2.24) is 20.6 Å². The molecule has 114 valence electrons. The quantitative estimate of drug-likeness (QED) is 0.574. The smallest absolute Gasteiger partial charge is 0.216 e. The molecule has 0 atom stereocenters. The third kappa shape index (κ3) is 4.59. The van der Waals surface area contributed by atoms with E-state index in [9.17, 15) is 0 Å². The van der Waals surface area contributed by atoms with Crippen LogP contribution in [-0.4, -0.2) is 27.2 Å². The molecule has 0 amide bonds. The van der Waals surface area contributed by atoms with Crippen LogP contribution >= 0.6 is 0 Å². The summed E-state index contributed by atoms with van der Waals surface area (Å²) in [4.78, 5) is 0. The number of aromatic amines is 1. The SMILES string of the molecule is CCCCCOc1ccc(NC=C(C#N)c2nn[nH]n2)cc1. The first-order valence-electron chi connectivity index (χ1n) is 7.17. The predicted octanol–water partition coefficient (Wildman–Crippen LogP) is 2.75. The average molecular weight is 298 g/mol. The lowest BCUT2D eigenvalue weighted by Crippen LogP contribution is -1.97. The second-order valence-electron chi connectivity index (χ2n) is 4.63. The number of benzene rings is 1. The van der Waals surface area contributed by atoms with Crippen molar-refractivity contribution in [1.29, 1.82) is 5.26 Å². The Morgan fingerprint density at radius 3 is 2.82 bits per heavy atom. The van der Waals surface area contributed by atoms with Crippen LogP contribution in [0.1, 0.15) is 32.0 Å². The van der Waals surface area contributed by atoms with Crippen LogP contribution in [-0.2, 0) is 0 Å². The summed E-state index contributed by atoms with van der Waals surface area (Å²) >= 11 is 0. The molecule has 1 aromatic heterocycles. The summed E-state index contributed by atoms with van der Waals surface area (Å²) in [6, 6.07) is 9.57. The molecule has 7 heteroatoms. The lowest BCUT2D eigenvalue weighted by atomic mass is 10.2. The van der Waals surface area contributed by atoms with E-state index in [4.69, 9.17) is 10.00 Å². The van der Waals surface area contributed by atoms with Crippen molar-refractivity contribution in [2.75, 3.05) is 11.9 Å². The van der Waals surface area contributed by atoms with Crippen molar-refractivity contribution in [2.45, 2.75) is 26.2 Å². The number of nitrogens with zero attached hydrogens (tertiary/aromatic N) is 4. The van der Waals surface area contributed by atoms with Crippen molar-refractivity contribution in [3.63, 3.8) is 0 Å². The van der Waals surface area contributed by atoms with Gasteiger partial charge in [0, 0.05) is 11.9 Å². The second kappa shape index (κ2) is 8.42. The van der Waals surface area contributed by atoms with Gasteiger partial charge in [0.25, 0.3) is 0 Å². The van der Waals surface area contributed by atoms with Gasteiger partial charge in [-0.1, -0.05) is 19.8 Å². The fourth-order valence-electron chi connectivity index (χ4n) is 1.77. The Morgan fingerprint density at radius 2 is 2.18 bits per heavy atom. The number of anilines is 1. The number of allylic oxidation sites excluding steroid dienone is 1. The van der Waals surface area contributed by atoms with Crippen LogP contribution in [0.5, 0.6) is 5.75 Å². The first kappa shape index (κ1) is 15.5. The number of hydrogen-bond donors (Lipinski definition) is 2. The molecule has 22 heavy (non-hydrogen) atoms. The molecule has 2 N–H and O–H groups in total. The maximum Gasteiger partial charge on any atom is 0.216 e. The van der Waals surface area contributed by atoms with Crippen LogP contribution in [0.25, 0.3) is 5.57 Å². The third-order valence-electron chi connectivity index (χ3n) is 2.96. The molecular weight excluding hydrogens is 280 g/mol. The van der Waals surface area contributed by atoms with Crippen LogP contribution < -0.4 is 10.1 Å². The molecule has 1 aromatic carbocycles. The number of aromatic nitrogens is 4. The lowest BCUT2D eigenvalue weighted by molar-refractivity contribution is 0.306. The fraction of sp³-hybridized carbons (Fsp3) is 0.333. The van der Waals surface area contributed by atoms with Crippen LogP contribution in [0, 0.1) is 11.3 Å². The molecule has 0 bridgehead atoms. The molecule has 2 rings (SSSR count). The number of hydrogen-bond acceptors (Lipinski definition) is 6. The molecule has 0 saturated carbocycles. The highest BCUT2D eigenvalue weighted by atomic mass is 16.5. The Labute approximate surface area is 129 Å². The molecule has 0 saturated heterocycles. The fourth-order valence-corrected chi connectivity index (χ4v) is 1.77. The van der Waals surface area contributed by atoms with Crippen LogP contribution in [0.2, 0.25) is 0 Å². The third-order valence-corrected chi connectivity index (χ3v) is 2.96. The Morgan fingerprint density at radius 1 is 1.36 bits per heavy atom. The Balaban J connectivity index is 1.90. The van der Waals surface area contributed by atoms with E-state index in [1.165, 1.54) is 12.8 Å². The predicted molar refractivity (Wildman–Crippen MR) is 82.9 cm³/mol. The van der Waals surface area contributed by atoms with Crippen LogP contribution in [0.15, 0.2) is 30.5 Å². The Kier molecular flexibility index (Phi) is 5.93. The largest absolute Gasteiger partial charge is 0.494 e. The van der Waals surface area contributed by atoms with Gasteiger partial charge in [-0.05, 0) is 35.9 Å². The molecular formula is C15H18N6O. The van der Waals surface area contributed by atoms with E-state index in [-0.39, 0.29) is 5.82 Å². The summed E-state index contributed by atoms with van der Waals surface area (Å²) < 4.78 is 5.64. The number of unbranched alkanes of at least 4 members (excludes halogenated alkanes) is 2. The van der Waals surface area contributed by atoms with Gasteiger partial charge in [0.15, 0.2) is 0 Å². The minimum Gasteiger partial charge on any atom is -0.494 e. The number of rotatable bonds is 8. The molecule has 0 radical (unpaired) electrons. The molecule has 1 heterocycles. The van der Waals surface area contributed by atoms with Crippen molar-refractivity contribution < 1.29 is 4.74 Å². The Bertz CT molecular complexity index is 627. The highest BCUT2D eigenvalue weighted by Crippen LogP contribution is 2.17. The summed E-state index contributed by atoms with van der Waals surface area (Å²) in [5, 5.41) is 25.4. The number of ether oxygens (including phenoxy) is 1. The molecule has 0 aliphatic rings. The van der Waals surface area contributed by atoms with Gasteiger partial charge < -0.3 is 10.1 Å². The van der Waals surface area contributed by atoms with Crippen molar-refractivity contribution in [3.8, 4) is 11.8 Å². The van der Waals surface area contributed by atoms with E-state index < -0.39 is 0 Å². The van der Waals surface area contributed by atoms with Gasteiger partial charge in [-0.2, -0.15) is 10.5 Å². The van der Waals surface area contributed by atoms with E-state index in [0.717, 1.165) is 24.5 Å². The molecule has 0 aliphatic carbocycles. The summed E-state index contributed by atoms with van der Waals surface area (Å²) in [6.07, 6.45) is 4.97. The first-order chi connectivity index (χ1) is 10.8. The first-order valence-corrected chi connectivity index (χ1v) is 7.17. The summed E-state index contributed by atoms with van der Waals surface area (Å²) in [6.45, 7) is 2.90. The maximum atomic E-state index is 9.06. The standard InChI is InChI=1S/C15H18N6O/c1-2-3-4-9-22-14-7-5-13(6-8-14)17-11-12(10-16)15-18-20-21-19-15/h5-8,11,17H,2-4,9H2,1H3,(H,18,19,20,21).